The summed E-state index contributed by atoms with van der Waals surface area (Å²) in [5.74, 6) is 1.61. The summed E-state index contributed by atoms with van der Waals surface area (Å²) in [7, 11) is 0. The Morgan fingerprint density at radius 3 is 2.41 bits per heavy atom. The van der Waals surface area contributed by atoms with Gasteiger partial charge in [-0.25, -0.2) is 0 Å². The van der Waals surface area contributed by atoms with Gasteiger partial charge in [0.05, 0.1) is 10.5 Å². The Kier molecular flexibility index (Phi) is 5.62. The summed E-state index contributed by atoms with van der Waals surface area (Å²) in [5, 5.41) is 14.5. The Labute approximate surface area is 162 Å². The van der Waals surface area contributed by atoms with Crippen LogP contribution in [0.25, 0.3) is 0 Å². The Morgan fingerprint density at radius 1 is 1.11 bits per heavy atom. The van der Waals surface area contributed by atoms with Gasteiger partial charge in [-0.1, -0.05) is 18.2 Å². The molecule has 2 heterocycles. The molecule has 0 saturated carbocycles. The van der Waals surface area contributed by atoms with Crippen molar-refractivity contribution in [3.8, 4) is 11.5 Å². The number of carbonyl (C=O) groups excluding carboxylic acids is 1. The topological polar surface area (TPSA) is 84.7 Å². The van der Waals surface area contributed by atoms with Crippen molar-refractivity contribution in [1.29, 1.82) is 0 Å². The van der Waals surface area contributed by atoms with Crippen molar-refractivity contribution < 1.29 is 14.5 Å². The van der Waals surface area contributed by atoms with Gasteiger partial charge in [-0.2, -0.15) is 0 Å². The number of para-hydroxylation sites is 1. The number of fused-ring (bicyclic) bond motifs is 1. The molecule has 1 amide bonds. The van der Waals surface area contributed by atoms with Gasteiger partial charge in [-0.05, 0) is 30.0 Å². The lowest BCUT2D eigenvalue weighted by Crippen LogP contribution is -2.32. The van der Waals surface area contributed by atoms with Gasteiger partial charge in [0.15, 0.2) is 0 Å². The van der Waals surface area contributed by atoms with Crippen LogP contribution in [0.4, 0.5) is 5.69 Å². The molecule has 0 bridgehead atoms. The van der Waals surface area contributed by atoms with Crippen LogP contribution >= 0.6 is 12.4 Å². The van der Waals surface area contributed by atoms with Gasteiger partial charge in [0.2, 0.25) is 0 Å². The number of benzene rings is 2. The van der Waals surface area contributed by atoms with Crippen LogP contribution in [0.15, 0.2) is 48.5 Å². The lowest BCUT2D eigenvalue weighted by atomic mass is 10.0. The highest BCUT2D eigenvalue weighted by Crippen LogP contribution is 2.33. The van der Waals surface area contributed by atoms with Crippen LogP contribution in [0.5, 0.6) is 11.5 Å². The van der Waals surface area contributed by atoms with Crippen LogP contribution in [-0.4, -0.2) is 41.9 Å². The minimum Gasteiger partial charge on any atom is -0.457 e. The molecule has 8 heteroatoms. The minimum absolute atomic E-state index is 0. The second-order valence-electron chi connectivity index (χ2n) is 6.74. The number of amides is 1. The average molecular weight is 390 g/mol. The summed E-state index contributed by atoms with van der Waals surface area (Å²) in [5.41, 5.74) is 0.116. The molecule has 2 atom stereocenters. The van der Waals surface area contributed by atoms with E-state index in [1.54, 1.807) is 17.0 Å². The quantitative estimate of drug-likeness (QED) is 0.641. The van der Waals surface area contributed by atoms with E-state index < -0.39 is 4.92 Å². The van der Waals surface area contributed by atoms with Gasteiger partial charge in [0.1, 0.15) is 11.5 Å². The van der Waals surface area contributed by atoms with E-state index >= 15 is 0 Å². The zero-order valence-corrected chi connectivity index (χ0v) is 15.4. The number of nitro benzene ring substituents is 1. The van der Waals surface area contributed by atoms with Gasteiger partial charge in [0, 0.05) is 38.3 Å². The number of hydrogen-bond donors (Lipinski definition) is 1. The van der Waals surface area contributed by atoms with Crippen LogP contribution < -0.4 is 10.1 Å². The molecule has 0 radical (unpaired) electrons. The third-order valence-electron chi connectivity index (χ3n) is 5.05. The molecular formula is C19H20ClN3O4. The first kappa shape index (κ1) is 19.1. The van der Waals surface area contributed by atoms with Crippen molar-refractivity contribution in [3.63, 3.8) is 0 Å². The van der Waals surface area contributed by atoms with Crippen molar-refractivity contribution in [2.45, 2.75) is 0 Å². The van der Waals surface area contributed by atoms with E-state index in [4.69, 9.17) is 4.74 Å². The standard InChI is InChI=1S/C19H19N3O4.ClH/c23-19(21-11-13-9-20-10-14(13)12-21)17-8-15(22(24)25)6-7-18(17)26-16-4-2-1-3-5-16;/h1-8,13-14,20H,9-12H2;1H/t13-,14+;. The van der Waals surface area contributed by atoms with E-state index in [1.807, 2.05) is 18.2 Å². The summed E-state index contributed by atoms with van der Waals surface area (Å²) in [4.78, 5) is 25.5. The van der Waals surface area contributed by atoms with E-state index in [2.05, 4.69) is 5.32 Å². The highest BCUT2D eigenvalue weighted by Gasteiger charge is 2.39. The lowest BCUT2D eigenvalue weighted by molar-refractivity contribution is -0.384. The van der Waals surface area contributed by atoms with Crippen molar-refractivity contribution in [3.05, 3.63) is 64.2 Å². The summed E-state index contributed by atoms with van der Waals surface area (Å²) in [6.45, 7) is 3.17. The number of ether oxygens (including phenoxy) is 1. The van der Waals surface area contributed by atoms with Crippen molar-refractivity contribution >= 4 is 24.0 Å². The highest BCUT2D eigenvalue weighted by molar-refractivity contribution is 5.98. The summed E-state index contributed by atoms with van der Waals surface area (Å²) in [6.07, 6.45) is 0. The Morgan fingerprint density at radius 2 is 1.78 bits per heavy atom. The maximum atomic E-state index is 13.1. The number of nitro groups is 1. The third kappa shape index (κ3) is 3.89. The molecule has 142 valence electrons. The molecular weight excluding hydrogens is 370 g/mol. The molecule has 1 N–H and O–H groups in total. The fourth-order valence-electron chi connectivity index (χ4n) is 3.69. The van der Waals surface area contributed by atoms with Gasteiger partial charge < -0.3 is 15.0 Å². The molecule has 2 aromatic carbocycles. The number of hydrogen-bond acceptors (Lipinski definition) is 5. The molecule has 4 rings (SSSR count). The average Bonchev–Trinajstić information content (AvgIpc) is 3.24. The van der Waals surface area contributed by atoms with Crippen LogP contribution in [0.3, 0.4) is 0 Å². The van der Waals surface area contributed by atoms with E-state index in [0.29, 0.717) is 36.4 Å². The van der Waals surface area contributed by atoms with E-state index in [1.165, 1.54) is 18.2 Å². The number of likely N-dealkylation sites (tertiary alicyclic amines) is 1. The number of rotatable bonds is 4. The second kappa shape index (κ2) is 7.94. The first-order valence-electron chi connectivity index (χ1n) is 8.63. The molecule has 2 fully saturated rings. The molecule has 7 nitrogen and oxygen atoms in total. The van der Waals surface area contributed by atoms with Crippen molar-refractivity contribution in [2.24, 2.45) is 11.8 Å². The van der Waals surface area contributed by atoms with Gasteiger partial charge in [0.25, 0.3) is 11.6 Å². The van der Waals surface area contributed by atoms with Crippen LogP contribution in [-0.2, 0) is 0 Å². The number of non-ortho nitro benzene ring substituents is 1. The largest absolute Gasteiger partial charge is 0.457 e. The fraction of sp³-hybridized carbons (Fsp3) is 0.316. The molecule has 2 aliphatic rings. The molecule has 0 spiro atoms. The highest BCUT2D eigenvalue weighted by atomic mass is 35.5. The zero-order chi connectivity index (χ0) is 18.1. The minimum atomic E-state index is -0.494. The number of nitrogens with one attached hydrogen (secondary N) is 1. The molecule has 0 unspecified atom stereocenters. The first-order chi connectivity index (χ1) is 12.6. The SMILES string of the molecule is Cl.O=C(c1cc([N+](=O)[O-])ccc1Oc1ccccc1)N1C[C@H]2CNC[C@H]2C1. The zero-order valence-electron chi connectivity index (χ0n) is 14.5. The van der Waals surface area contributed by atoms with E-state index in [-0.39, 0.29) is 29.6 Å². The van der Waals surface area contributed by atoms with Gasteiger partial charge in [-0.3, -0.25) is 14.9 Å². The maximum Gasteiger partial charge on any atom is 0.270 e. The third-order valence-corrected chi connectivity index (χ3v) is 5.05. The van der Waals surface area contributed by atoms with Gasteiger partial charge >= 0.3 is 0 Å². The van der Waals surface area contributed by atoms with Crippen LogP contribution in [0.1, 0.15) is 10.4 Å². The predicted octanol–water partition coefficient (Wildman–Crippen LogP) is 3.10. The molecule has 0 aliphatic carbocycles. The summed E-state index contributed by atoms with van der Waals surface area (Å²) in [6, 6.07) is 13.3. The molecule has 2 saturated heterocycles. The van der Waals surface area contributed by atoms with Crippen molar-refractivity contribution in [1.82, 2.24) is 10.2 Å². The normalized spacial score (nSPS) is 20.7. The first-order valence-corrected chi connectivity index (χ1v) is 8.63. The van der Waals surface area contributed by atoms with E-state index in [9.17, 15) is 14.9 Å². The Balaban J connectivity index is 0.00000210. The van der Waals surface area contributed by atoms with Gasteiger partial charge in [-0.15, -0.1) is 12.4 Å². The number of nitrogens with zero attached hydrogens (tertiary/aromatic N) is 2. The summed E-state index contributed by atoms with van der Waals surface area (Å²) < 4.78 is 5.84. The number of halogens is 1. The number of carbonyl (C=O) groups is 1. The molecule has 2 aromatic rings. The van der Waals surface area contributed by atoms with Crippen molar-refractivity contribution in [2.75, 3.05) is 26.2 Å². The van der Waals surface area contributed by atoms with E-state index in [0.717, 1.165) is 13.1 Å². The van der Waals surface area contributed by atoms with Crippen LogP contribution in [0, 0.1) is 22.0 Å². The maximum absolute atomic E-state index is 13.1. The molecule has 27 heavy (non-hydrogen) atoms. The molecule has 2 aliphatic heterocycles. The smallest absolute Gasteiger partial charge is 0.270 e. The Hall–Kier alpha value is -2.64. The molecule has 0 aromatic heterocycles. The summed E-state index contributed by atoms with van der Waals surface area (Å²) >= 11 is 0. The fourth-order valence-corrected chi connectivity index (χ4v) is 3.69. The monoisotopic (exact) mass is 389 g/mol. The van der Waals surface area contributed by atoms with Crippen LogP contribution in [0.2, 0.25) is 0 Å². The lowest BCUT2D eigenvalue weighted by Gasteiger charge is -2.19. The Bertz CT molecular complexity index is 834. The predicted molar refractivity (Wildman–Crippen MR) is 103 cm³/mol. The second-order valence-corrected chi connectivity index (χ2v) is 6.74.